The van der Waals surface area contributed by atoms with Gasteiger partial charge >= 0.3 is 5.97 Å². The molecule has 3 atom stereocenters. The quantitative estimate of drug-likeness (QED) is 0.573. The molecule has 0 aromatic heterocycles. The van der Waals surface area contributed by atoms with Gasteiger partial charge in [-0.3, -0.25) is 9.59 Å². The van der Waals surface area contributed by atoms with E-state index in [0.717, 1.165) is 11.8 Å². The number of piperazine rings is 1. The van der Waals surface area contributed by atoms with E-state index < -0.39 is 43.8 Å². The van der Waals surface area contributed by atoms with Gasteiger partial charge in [0.05, 0.1) is 6.42 Å². The highest BCUT2D eigenvalue weighted by Gasteiger charge is 2.73. The van der Waals surface area contributed by atoms with Crippen molar-refractivity contribution in [3.63, 3.8) is 0 Å². The lowest BCUT2D eigenvalue weighted by atomic mass is 9.94. The molecule has 3 rings (SSSR count). The Bertz CT molecular complexity index is 684. The van der Waals surface area contributed by atoms with Crippen LogP contribution in [0.2, 0.25) is 0 Å². The van der Waals surface area contributed by atoms with Crippen molar-refractivity contribution in [3.05, 3.63) is 0 Å². The van der Waals surface area contributed by atoms with Crippen LogP contribution in [-0.2, 0) is 24.2 Å². The van der Waals surface area contributed by atoms with Crippen molar-refractivity contribution in [1.82, 2.24) is 14.7 Å². The second kappa shape index (κ2) is 4.91. The Morgan fingerprint density at radius 1 is 1.22 bits per heavy atom. The normalized spacial score (nSPS) is 36.5. The molecule has 0 radical (unpaired) electrons. The molecule has 0 saturated carbocycles. The minimum atomic E-state index is -4.10. The lowest BCUT2D eigenvalue weighted by Crippen LogP contribution is -2.63. The number of carboxylic acid groups (broad SMARTS) is 1. The number of nitrogens with zero attached hydrogens (tertiary/aromatic N) is 3. The molecule has 3 aliphatic rings. The summed E-state index contributed by atoms with van der Waals surface area (Å²) in [6.07, 6.45) is -0.252. The number of hydrogen-bond donors (Lipinski definition) is 1. The van der Waals surface area contributed by atoms with Crippen molar-refractivity contribution in [2.75, 3.05) is 33.2 Å². The second-order valence-electron chi connectivity index (χ2n) is 6.45. The van der Waals surface area contributed by atoms with Gasteiger partial charge in [-0.1, -0.05) is 0 Å². The minimum Gasteiger partial charge on any atom is -0.480 e. The van der Waals surface area contributed by atoms with Crippen molar-refractivity contribution >= 4 is 27.6 Å². The Labute approximate surface area is 133 Å². The third kappa shape index (κ3) is 1.94. The van der Waals surface area contributed by atoms with Gasteiger partial charge in [0, 0.05) is 26.2 Å². The number of β-lactam (4-membered cyclic amide) rings is 1. The van der Waals surface area contributed by atoms with Gasteiger partial charge in [0.25, 0.3) is 0 Å². The smallest absolute Gasteiger partial charge is 0.328 e. The summed E-state index contributed by atoms with van der Waals surface area (Å²) in [7, 11) is -2.21. The van der Waals surface area contributed by atoms with Gasteiger partial charge < -0.3 is 19.8 Å². The molecule has 10 heteroatoms. The average Bonchev–Trinajstić information content (AvgIpc) is 2.62. The minimum absolute atomic E-state index is 0.252. The van der Waals surface area contributed by atoms with E-state index in [1.165, 1.54) is 4.90 Å². The first-order chi connectivity index (χ1) is 10.6. The molecular weight excluding hydrogens is 326 g/mol. The molecule has 1 unspecified atom stereocenters. The topological polar surface area (TPSA) is 115 Å². The fraction of sp³-hybridized carbons (Fsp3) is 0.769. The highest BCUT2D eigenvalue weighted by Crippen LogP contribution is 2.47. The number of aliphatic carboxylic acids is 1. The molecule has 3 heterocycles. The molecule has 9 nitrogen and oxygen atoms in total. The van der Waals surface area contributed by atoms with Crippen molar-refractivity contribution in [1.29, 1.82) is 0 Å². The van der Waals surface area contributed by atoms with Crippen LogP contribution in [0.1, 0.15) is 13.3 Å². The molecular formula is C13H19N3O6S. The Hall–Kier alpha value is -1.68. The molecule has 0 aromatic carbocycles. The van der Waals surface area contributed by atoms with Crippen molar-refractivity contribution in [3.8, 4) is 0 Å². The summed E-state index contributed by atoms with van der Waals surface area (Å²) in [5, 5.41) is 8.28. The highest BCUT2D eigenvalue weighted by atomic mass is 32.2. The zero-order valence-electron chi connectivity index (χ0n) is 12.9. The molecule has 0 spiro atoms. The maximum Gasteiger partial charge on any atom is 0.328 e. The zero-order valence-corrected chi connectivity index (χ0v) is 13.7. The SMILES string of the molecule is CN1CCN(C(=O)[C@@]2(C)[C@H](C(=O)O)N3C(=O)CC3S2(=O)=O)CC1. The van der Waals surface area contributed by atoms with Gasteiger partial charge in [-0.05, 0) is 14.0 Å². The summed E-state index contributed by atoms with van der Waals surface area (Å²) in [5.74, 6) is -2.73. The number of fused-ring (bicyclic) bond motifs is 1. The van der Waals surface area contributed by atoms with E-state index in [0.29, 0.717) is 26.2 Å². The molecule has 1 N–H and O–H groups in total. The summed E-state index contributed by atoms with van der Waals surface area (Å²) in [6, 6.07) is -1.66. The summed E-state index contributed by atoms with van der Waals surface area (Å²) >= 11 is 0. The zero-order chi connectivity index (χ0) is 17.2. The number of carbonyl (C=O) groups excluding carboxylic acids is 2. The maximum atomic E-state index is 12.9. The van der Waals surface area contributed by atoms with Crippen LogP contribution >= 0.6 is 0 Å². The van der Waals surface area contributed by atoms with E-state index in [4.69, 9.17) is 0 Å². The number of likely N-dealkylation sites (N-methyl/N-ethyl adjacent to an activating group) is 1. The van der Waals surface area contributed by atoms with Crippen LogP contribution in [-0.4, -0.2) is 95.4 Å². The number of sulfone groups is 1. The summed E-state index contributed by atoms with van der Waals surface area (Å²) in [5.41, 5.74) is 0. The molecule has 128 valence electrons. The Morgan fingerprint density at radius 2 is 1.78 bits per heavy atom. The molecule has 2 amide bonds. The molecule has 3 fully saturated rings. The van der Waals surface area contributed by atoms with Gasteiger partial charge in [0.2, 0.25) is 11.8 Å². The first-order valence-electron chi connectivity index (χ1n) is 7.37. The van der Waals surface area contributed by atoms with Crippen molar-refractivity contribution in [2.24, 2.45) is 0 Å². The van der Waals surface area contributed by atoms with E-state index >= 15 is 0 Å². The Morgan fingerprint density at radius 3 is 2.26 bits per heavy atom. The fourth-order valence-corrected chi connectivity index (χ4v) is 5.95. The summed E-state index contributed by atoms with van der Waals surface area (Å²) < 4.78 is 23.4. The van der Waals surface area contributed by atoms with Crippen LogP contribution in [0.3, 0.4) is 0 Å². The fourth-order valence-electron chi connectivity index (χ4n) is 3.59. The third-order valence-corrected chi connectivity index (χ3v) is 7.84. The monoisotopic (exact) mass is 345 g/mol. The number of carbonyl (C=O) groups is 3. The first kappa shape index (κ1) is 16.2. The molecule has 0 bridgehead atoms. The number of amides is 2. The molecule has 3 saturated heterocycles. The number of rotatable bonds is 2. The van der Waals surface area contributed by atoms with Crippen LogP contribution in [0.15, 0.2) is 0 Å². The Balaban J connectivity index is 2.01. The molecule has 23 heavy (non-hydrogen) atoms. The average molecular weight is 345 g/mol. The number of carboxylic acids is 1. The predicted molar refractivity (Wildman–Crippen MR) is 78.1 cm³/mol. The van der Waals surface area contributed by atoms with Gasteiger partial charge in [0.1, 0.15) is 5.37 Å². The van der Waals surface area contributed by atoms with Crippen LogP contribution in [0.25, 0.3) is 0 Å². The van der Waals surface area contributed by atoms with E-state index in [2.05, 4.69) is 0 Å². The standard InChI is InChI=1S/C13H19N3O6S/c1-13(12(20)15-5-3-14(2)4-6-15)10(11(18)19)16-8(17)7-9(16)23(13,21)22/h9-10H,3-7H2,1-2H3,(H,18,19)/t9?,10-,13+/m0/s1. The van der Waals surface area contributed by atoms with Gasteiger partial charge in [0.15, 0.2) is 20.6 Å². The van der Waals surface area contributed by atoms with Gasteiger partial charge in [-0.15, -0.1) is 0 Å². The Kier molecular flexibility index (Phi) is 3.45. The maximum absolute atomic E-state index is 12.9. The second-order valence-corrected chi connectivity index (χ2v) is 8.93. The van der Waals surface area contributed by atoms with E-state index in [1.54, 1.807) is 0 Å². The first-order valence-corrected chi connectivity index (χ1v) is 8.92. The van der Waals surface area contributed by atoms with E-state index in [-0.39, 0.29) is 6.42 Å². The lowest BCUT2D eigenvalue weighted by molar-refractivity contribution is -0.160. The van der Waals surface area contributed by atoms with Crippen LogP contribution in [0.4, 0.5) is 0 Å². The molecule has 3 aliphatic heterocycles. The molecule has 0 aliphatic carbocycles. The van der Waals surface area contributed by atoms with Gasteiger partial charge in [-0.2, -0.15) is 0 Å². The van der Waals surface area contributed by atoms with Crippen molar-refractivity contribution < 1.29 is 27.9 Å². The summed E-state index contributed by atoms with van der Waals surface area (Å²) in [4.78, 5) is 40.5. The third-order valence-electron chi connectivity index (χ3n) is 5.15. The van der Waals surface area contributed by atoms with Crippen molar-refractivity contribution in [2.45, 2.75) is 29.5 Å². The van der Waals surface area contributed by atoms with E-state index in [1.807, 2.05) is 11.9 Å². The summed E-state index contributed by atoms with van der Waals surface area (Å²) in [6.45, 7) is 3.00. The predicted octanol–water partition coefficient (Wildman–Crippen LogP) is -2.04. The van der Waals surface area contributed by atoms with Gasteiger partial charge in [-0.25, -0.2) is 13.2 Å². The van der Waals surface area contributed by atoms with E-state index in [9.17, 15) is 27.9 Å². The van der Waals surface area contributed by atoms with Crippen LogP contribution < -0.4 is 0 Å². The van der Waals surface area contributed by atoms with Crippen LogP contribution in [0, 0.1) is 0 Å². The van der Waals surface area contributed by atoms with Crippen LogP contribution in [0.5, 0.6) is 0 Å². The molecule has 0 aromatic rings. The number of hydrogen-bond acceptors (Lipinski definition) is 6. The lowest BCUT2D eigenvalue weighted by Gasteiger charge is -2.38. The highest BCUT2D eigenvalue weighted by molar-refractivity contribution is 7.94. The largest absolute Gasteiger partial charge is 0.480 e.